The van der Waals surface area contributed by atoms with Crippen LogP contribution < -0.4 is 0 Å². The largest absolute Gasteiger partial charge is 0.381 e. The molecular formula is C12H17NO3. The summed E-state index contributed by atoms with van der Waals surface area (Å²) in [6, 6.07) is 7.90. The van der Waals surface area contributed by atoms with Gasteiger partial charge in [-0.25, -0.2) is 0 Å². The Kier molecular flexibility index (Phi) is 4.92. The lowest BCUT2D eigenvalue weighted by atomic mass is 9.98. The minimum atomic E-state index is -1.01. The zero-order chi connectivity index (χ0) is 12.0. The minimum Gasteiger partial charge on any atom is -0.381 e. The van der Waals surface area contributed by atoms with Gasteiger partial charge in [-0.1, -0.05) is 43.7 Å². The number of aliphatic hydroxyl groups excluding tert-OH is 1. The molecule has 4 nitrogen and oxygen atoms in total. The third-order valence-corrected chi connectivity index (χ3v) is 2.63. The zero-order valence-corrected chi connectivity index (χ0v) is 9.37. The van der Waals surface area contributed by atoms with E-state index in [2.05, 4.69) is 0 Å². The van der Waals surface area contributed by atoms with Crippen LogP contribution >= 0.6 is 0 Å². The average Bonchev–Trinajstić information content (AvgIpc) is 2.30. The van der Waals surface area contributed by atoms with Crippen molar-refractivity contribution in [3.63, 3.8) is 0 Å². The minimum absolute atomic E-state index is 0.382. The molecule has 0 aliphatic heterocycles. The van der Waals surface area contributed by atoms with Crippen LogP contribution in [0.4, 0.5) is 0 Å². The average molecular weight is 223 g/mol. The van der Waals surface area contributed by atoms with Crippen molar-refractivity contribution in [1.29, 1.82) is 0 Å². The van der Waals surface area contributed by atoms with Crippen LogP contribution in [0.3, 0.4) is 0 Å². The van der Waals surface area contributed by atoms with Gasteiger partial charge in [0.15, 0.2) is 0 Å². The molecule has 0 aliphatic carbocycles. The molecule has 0 spiro atoms. The molecule has 0 aliphatic rings. The summed E-state index contributed by atoms with van der Waals surface area (Å²) in [5, 5.41) is 20.8. The molecule has 1 aromatic carbocycles. The maximum absolute atomic E-state index is 10.9. The number of benzene rings is 1. The third-order valence-electron chi connectivity index (χ3n) is 2.63. The van der Waals surface area contributed by atoms with Gasteiger partial charge in [0.25, 0.3) is 0 Å². The van der Waals surface area contributed by atoms with E-state index in [1.54, 1.807) is 24.3 Å². The zero-order valence-electron chi connectivity index (χ0n) is 9.37. The van der Waals surface area contributed by atoms with Gasteiger partial charge in [0, 0.05) is 11.3 Å². The van der Waals surface area contributed by atoms with Crippen molar-refractivity contribution in [1.82, 2.24) is 0 Å². The van der Waals surface area contributed by atoms with E-state index < -0.39 is 12.1 Å². The Bertz CT molecular complexity index is 326. The molecule has 0 saturated heterocycles. The van der Waals surface area contributed by atoms with Crippen LogP contribution in [-0.2, 0) is 0 Å². The summed E-state index contributed by atoms with van der Waals surface area (Å²) >= 11 is 0. The Balaban J connectivity index is 2.75. The van der Waals surface area contributed by atoms with E-state index in [0.29, 0.717) is 12.0 Å². The van der Waals surface area contributed by atoms with Crippen molar-refractivity contribution >= 4 is 0 Å². The summed E-state index contributed by atoms with van der Waals surface area (Å²) in [6.45, 7) is 1.98. The Morgan fingerprint density at radius 1 is 1.38 bits per heavy atom. The SMILES string of the molecule is CCCC[C@H]([C@@H](O)c1ccccc1)[N+](=O)[O-]. The summed E-state index contributed by atoms with van der Waals surface area (Å²) < 4.78 is 0. The molecule has 0 radical (unpaired) electrons. The van der Waals surface area contributed by atoms with Crippen molar-refractivity contribution in [2.75, 3.05) is 0 Å². The Morgan fingerprint density at radius 3 is 2.50 bits per heavy atom. The number of unbranched alkanes of at least 4 members (excludes halogenated alkanes) is 1. The molecule has 1 aromatic rings. The van der Waals surface area contributed by atoms with Gasteiger partial charge >= 0.3 is 0 Å². The monoisotopic (exact) mass is 223 g/mol. The molecule has 0 aromatic heterocycles. The second kappa shape index (κ2) is 6.23. The molecule has 1 rings (SSSR count). The predicted octanol–water partition coefficient (Wildman–Crippen LogP) is 2.56. The molecule has 0 bridgehead atoms. The van der Waals surface area contributed by atoms with E-state index >= 15 is 0 Å². The second-order valence-corrected chi connectivity index (χ2v) is 3.85. The highest BCUT2D eigenvalue weighted by Gasteiger charge is 2.30. The van der Waals surface area contributed by atoms with Crippen molar-refractivity contribution in [3.8, 4) is 0 Å². The molecule has 2 atom stereocenters. The molecule has 0 heterocycles. The number of hydrogen-bond acceptors (Lipinski definition) is 3. The highest BCUT2D eigenvalue weighted by molar-refractivity contribution is 5.18. The summed E-state index contributed by atoms with van der Waals surface area (Å²) in [5.41, 5.74) is 0.611. The topological polar surface area (TPSA) is 63.4 Å². The van der Waals surface area contributed by atoms with Gasteiger partial charge < -0.3 is 5.11 Å². The van der Waals surface area contributed by atoms with E-state index in [1.165, 1.54) is 0 Å². The highest BCUT2D eigenvalue weighted by atomic mass is 16.6. The molecule has 16 heavy (non-hydrogen) atoms. The Morgan fingerprint density at radius 2 is 2.00 bits per heavy atom. The van der Waals surface area contributed by atoms with Gasteiger partial charge in [-0.05, 0) is 12.0 Å². The lowest BCUT2D eigenvalue weighted by molar-refractivity contribution is -0.536. The van der Waals surface area contributed by atoms with Gasteiger partial charge in [0.1, 0.15) is 6.10 Å². The van der Waals surface area contributed by atoms with Gasteiger partial charge in [-0.3, -0.25) is 10.1 Å². The van der Waals surface area contributed by atoms with Crippen LogP contribution in [0.15, 0.2) is 30.3 Å². The number of rotatable bonds is 6. The molecule has 88 valence electrons. The summed E-state index contributed by atoms with van der Waals surface area (Å²) in [7, 11) is 0. The molecule has 1 N–H and O–H groups in total. The predicted molar refractivity (Wildman–Crippen MR) is 61.7 cm³/mol. The normalized spacial score (nSPS) is 14.4. The van der Waals surface area contributed by atoms with E-state index in [4.69, 9.17) is 0 Å². The maximum atomic E-state index is 10.9. The van der Waals surface area contributed by atoms with E-state index in [-0.39, 0.29) is 4.92 Å². The molecule has 0 unspecified atom stereocenters. The van der Waals surface area contributed by atoms with Crippen LogP contribution in [0.5, 0.6) is 0 Å². The smallest absolute Gasteiger partial charge is 0.242 e. The first-order valence-electron chi connectivity index (χ1n) is 5.53. The van der Waals surface area contributed by atoms with Gasteiger partial charge in [0.2, 0.25) is 6.04 Å². The number of hydrogen-bond donors (Lipinski definition) is 1. The number of aliphatic hydroxyl groups is 1. The molecule has 0 saturated carbocycles. The maximum Gasteiger partial charge on any atom is 0.242 e. The fourth-order valence-electron chi connectivity index (χ4n) is 1.66. The molecule has 0 amide bonds. The van der Waals surface area contributed by atoms with Crippen molar-refractivity contribution in [2.24, 2.45) is 0 Å². The van der Waals surface area contributed by atoms with Crippen LogP contribution in [0.2, 0.25) is 0 Å². The quantitative estimate of drug-likeness (QED) is 0.595. The van der Waals surface area contributed by atoms with Crippen molar-refractivity contribution < 1.29 is 10.0 Å². The molecule has 4 heteroatoms. The first kappa shape index (κ1) is 12.6. The van der Waals surface area contributed by atoms with Gasteiger partial charge in [0.05, 0.1) is 0 Å². The van der Waals surface area contributed by atoms with Crippen LogP contribution in [0.1, 0.15) is 37.9 Å². The van der Waals surface area contributed by atoms with Crippen LogP contribution in [0.25, 0.3) is 0 Å². The van der Waals surface area contributed by atoms with E-state index in [0.717, 1.165) is 12.8 Å². The lowest BCUT2D eigenvalue weighted by Crippen LogP contribution is -2.27. The summed E-state index contributed by atoms with van der Waals surface area (Å²) in [4.78, 5) is 10.5. The first-order chi connectivity index (χ1) is 7.66. The number of nitro groups is 1. The van der Waals surface area contributed by atoms with Crippen LogP contribution in [0, 0.1) is 10.1 Å². The fraction of sp³-hybridized carbons (Fsp3) is 0.500. The summed E-state index contributed by atoms with van der Waals surface area (Å²) in [6.07, 6.45) is 1.06. The standard InChI is InChI=1S/C12H17NO3/c1-2-3-9-11(13(15)16)12(14)10-7-5-4-6-8-10/h4-8,11-12,14H,2-3,9H2,1H3/t11-,12+/m1/s1. The molecular weight excluding hydrogens is 206 g/mol. The fourth-order valence-corrected chi connectivity index (χ4v) is 1.66. The van der Waals surface area contributed by atoms with Gasteiger partial charge in [-0.2, -0.15) is 0 Å². The Hall–Kier alpha value is -1.42. The van der Waals surface area contributed by atoms with E-state index in [1.807, 2.05) is 13.0 Å². The molecule has 0 fully saturated rings. The Labute approximate surface area is 95.1 Å². The van der Waals surface area contributed by atoms with Crippen molar-refractivity contribution in [3.05, 3.63) is 46.0 Å². The van der Waals surface area contributed by atoms with E-state index in [9.17, 15) is 15.2 Å². The van der Waals surface area contributed by atoms with Gasteiger partial charge in [-0.15, -0.1) is 0 Å². The third kappa shape index (κ3) is 3.31. The summed E-state index contributed by atoms with van der Waals surface area (Å²) in [5.74, 6) is 0. The highest BCUT2D eigenvalue weighted by Crippen LogP contribution is 2.22. The lowest BCUT2D eigenvalue weighted by Gasteiger charge is -2.15. The van der Waals surface area contributed by atoms with Crippen LogP contribution in [-0.4, -0.2) is 16.1 Å². The second-order valence-electron chi connectivity index (χ2n) is 3.85. The number of nitrogens with zero attached hydrogens (tertiary/aromatic N) is 1. The first-order valence-corrected chi connectivity index (χ1v) is 5.53. The van der Waals surface area contributed by atoms with Crippen molar-refractivity contribution in [2.45, 2.75) is 38.3 Å².